The predicted molar refractivity (Wildman–Crippen MR) is 537 cm³/mol. The minimum absolute atomic E-state index is 0.288. The molecule has 16 rings (SSSR count). The van der Waals surface area contributed by atoms with Crippen molar-refractivity contribution in [1.29, 1.82) is 0 Å². The minimum Gasteiger partial charge on any atom is -0.491 e. The molecule has 0 fully saturated rings. The number of pyridine rings is 1. The summed E-state index contributed by atoms with van der Waals surface area (Å²) >= 11 is 0. The van der Waals surface area contributed by atoms with Crippen LogP contribution in [0.1, 0.15) is 62.0 Å². The summed E-state index contributed by atoms with van der Waals surface area (Å²) in [7, 11) is 10.5. The van der Waals surface area contributed by atoms with Crippen molar-refractivity contribution in [3.63, 3.8) is 0 Å². The molecular weight excluding hydrogens is 1740 g/mol. The number of hydrogen-bond donors (Lipinski definition) is 3. The molecule has 9 aromatic rings. The molecule has 7 aliphatic rings. The quantitative estimate of drug-likeness (QED) is 0.0139. The second kappa shape index (κ2) is 50.2. The van der Waals surface area contributed by atoms with E-state index in [1.165, 1.54) is 0 Å². The molecule has 0 saturated heterocycles. The van der Waals surface area contributed by atoms with E-state index >= 15 is 0 Å². The largest absolute Gasteiger partial charge is 0.491 e. The molecule has 0 radical (unpaired) electrons. The Kier molecular flexibility index (Phi) is 35.1. The van der Waals surface area contributed by atoms with Gasteiger partial charge in [0.1, 0.15) is 56.5 Å². The highest BCUT2D eigenvalue weighted by Gasteiger charge is 2.28. The highest BCUT2D eigenvalue weighted by Crippen LogP contribution is 2.41. The first kappa shape index (κ1) is 96.5. The third-order valence-corrected chi connectivity index (χ3v) is 22.2. The maximum absolute atomic E-state index is 6.43. The summed E-state index contributed by atoms with van der Waals surface area (Å²) in [6.45, 7) is 9.87. The van der Waals surface area contributed by atoms with Gasteiger partial charge in [-0.05, 0) is 204 Å². The van der Waals surface area contributed by atoms with Crippen LogP contribution < -0.4 is 23.5 Å². The van der Waals surface area contributed by atoms with Crippen LogP contribution in [0.2, 0.25) is 0 Å². The second-order valence-electron chi connectivity index (χ2n) is 31.8. The van der Waals surface area contributed by atoms with Crippen LogP contribution in [-0.4, -0.2) is 241 Å². The Hall–Kier alpha value is -14.7. The highest BCUT2D eigenvalue weighted by atomic mass is 16.6. The zero-order valence-electron chi connectivity index (χ0n) is 78.2. The fourth-order valence-electron chi connectivity index (χ4n) is 15.4. The number of nitrogens with zero attached hydrogens (tertiary/aromatic N) is 7. The number of hydrogen-bond acceptors (Lipinski definition) is 22. The maximum Gasteiger partial charge on any atom is 0.169 e. The van der Waals surface area contributed by atoms with Crippen LogP contribution in [0.25, 0.3) is 85.3 Å². The van der Waals surface area contributed by atoms with Crippen LogP contribution in [0.4, 0.5) is 0 Å². The van der Waals surface area contributed by atoms with E-state index in [1.807, 2.05) is 243 Å². The van der Waals surface area contributed by atoms with E-state index in [0.717, 1.165) is 89.1 Å². The van der Waals surface area contributed by atoms with Crippen LogP contribution >= 0.6 is 0 Å². The predicted octanol–water partition coefficient (Wildman–Crippen LogP) is 16.3. The zero-order chi connectivity index (χ0) is 94.7. The second-order valence-corrected chi connectivity index (χ2v) is 31.8. The molecule has 26 heteroatoms. The van der Waals surface area contributed by atoms with Crippen molar-refractivity contribution in [1.82, 2.24) is 29.8 Å². The summed E-state index contributed by atoms with van der Waals surface area (Å²) in [6.07, 6.45) is 31.8. The van der Waals surface area contributed by atoms with E-state index < -0.39 is 0 Å². The molecule has 16 bridgehead atoms. The van der Waals surface area contributed by atoms with Crippen molar-refractivity contribution < 1.29 is 80.4 Å². The third kappa shape index (κ3) is 26.3. The smallest absolute Gasteiger partial charge is 0.169 e. The molecule has 26 nitrogen and oxygen atoms in total. The van der Waals surface area contributed by atoms with Gasteiger partial charge in [0, 0.05) is 110 Å². The number of aryl methyl sites for hydroxylation is 1. The molecular formula is C112H109N10O16+. The van der Waals surface area contributed by atoms with Gasteiger partial charge < -0.3 is 95.6 Å². The Morgan fingerprint density at radius 2 is 0.725 bits per heavy atom. The first-order valence-electron chi connectivity index (χ1n) is 45.8. The molecule has 0 amide bonds. The molecule has 0 saturated carbocycles. The van der Waals surface area contributed by atoms with E-state index in [0.29, 0.717) is 254 Å². The van der Waals surface area contributed by atoms with Gasteiger partial charge in [-0.2, -0.15) is 0 Å². The lowest BCUT2D eigenvalue weighted by Crippen LogP contribution is -2.25. The maximum atomic E-state index is 6.43. The molecule has 0 unspecified atom stereocenters. The number of nitrogens with one attached hydrogen (secondary N) is 3. The van der Waals surface area contributed by atoms with E-state index in [4.69, 9.17) is 101 Å². The lowest BCUT2D eigenvalue weighted by atomic mass is 9.98. The minimum atomic E-state index is 0.288. The SMILES string of the molecule is COCCOCCOCCOc1cccc(C2=C3C=CC(=N3)C(=C=C=C3C=CN(C)C=C3)c3ccc([nH]3)C(c3cccc(OCCOCCOCCOC)c3)=C3C=CC(=N3)C(C#CC#Cc3c4nc(c(-c5cccc(OCCOCCOCCOC)c5)c5ccc([nH]5)c(C#Cc5cc[n+](C)cc5)c5ccc([nH]5)c(-c5cccc(OCCOCCOCCOC)c5)c5nc3C=C5)C=C4)=C3C=CC2=N3)c1. The third-order valence-electron chi connectivity index (χ3n) is 22.2. The Labute approximate surface area is 803 Å². The number of aromatic amines is 3. The van der Waals surface area contributed by atoms with Crippen molar-refractivity contribution in [2.24, 2.45) is 22.0 Å². The summed E-state index contributed by atoms with van der Waals surface area (Å²) in [5, 5.41) is 0. The van der Waals surface area contributed by atoms with Gasteiger partial charge in [-0.15, -0.1) is 0 Å². The zero-order valence-corrected chi connectivity index (χ0v) is 78.2. The number of H-pyrrole nitrogens is 3. The van der Waals surface area contributed by atoms with Crippen molar-refractivity contribution in [3.8, 4) is 80.8 Å². The van der Waals surface area contributed by atoms with Gasteiger partial charge in [-0.1, -0.05) is 71.8 Å². The number of rotatable bonds is 44. The lowest BCUT2D eigenvalue weighted by molar-refractivity contribution is -0.671. The Morgan fingerprint density at radius 3 is 1.22 bits per heavy atom. The monoisotopic (exact) mass is 1850 g/mol. The summed E-state index contributed by atoms with van der Waals surface area (Å²) in [4.78, 5) is 41.3. The first-order valence-corrected chi connectivity index (χ1v) is 45.8. The number of benzene rings is 4. The molecule has 702 valence electrons. The first-order chi connectivity index (χ1) is 68.1. The van der Waals surface area contributed by atoms with Gasteiger partial charge >= 0.3 is 0 Å². The fourth-order valence-corrected chi connectivity index (χ4v) is 15.4. The Balaban J connectivity index is 0.859. The molecule has 12 heterocycles. The van der Waals surface area contributed by atoms with E-state index in [9.17, 15) is 0 Å². The van der Waals surface area contributed by atoms with Gasteiger partial charge in [0.05, 0.1) is 228 Å². The topological polar surface area (TPSA) is 265 Å². The van der Waals surface area contributed by atoms with E-state index in [2.05, 4.69) is 86.2 Å². The van der Waals surface area contributed by atoms with Gasteiger partial charge in [-0.25, -0.2) is 29.5 Å². The molecule has 7 aliphatic heterocycles. The number of ether oxygens (including phenoxy) is 16. The molecule has 0 aliphatic carbocycles. The average molecular weight is 1850 g/mol. The molecule has 0 atom stereocenters. The Bertz CT molecular complexity index is 6660. The molecule has 4 aromatic carbocycles. The summed E-state index contributed by atoms with van der Waals surface area (Å²) in [6, 6.07) is 48.1. The lowest BCUT2D eigenvalue weighted by Gasteiger charge is -2.13. The summed E-state index contributed by atoms with van der Waals surface area (Å²) in [5.74, 6) is 23.4. The normalized spacial score (nSPS) is 13.8. The summed E-state index contributed by atoms with van der Waals surface area (Å²) in [5.41, 5.74) is 27.7. The number of fused-ring (bicyclic) bond motifs is 13. The molecule has 3 N–H and O–H groups in total. The van der Waals surface area contributed by atoms with Crippen LogP contribution in [0.5, 0.6) is 23.0 Å². The summed E-state index contributed by atoms with van der Waals surface area (Å²) < 4.78 is 94.5. The standard InChI is InChI=1S/C112H108N10O16/c1-121-47-43-79(44-48-121)23-25-91-97-31-39-105(117-97)109(81-13-9-17-85(75-81)135-71-67-131-63-59-127-55-51-123-3)101-35-27-93(113-101)89(94-28-36-102(114-94)110(106-40-32-98(91)118-106)82-14-10-18-86(76-82)136-72-68-132-64-60-128-56-52-124-4)21-7-8-22-90-95-29-37-103(115-95)111(83-15-11-19-87(77-83)137-73-69-133-65-61-129-57-53-125-5)107-41-33-99(119-107)92(26-24-80-45-49-122(2)50-46-80)100-34-42-108(120-100)112(104-38-30-96(90)116-104)84-16-12-20-88(78-84)138-74-70-134-66-62-130-58-54-126-6/h9-20,27-50,75-78H,51-74H2,1-6H3,(H2,113,114,115,116,117,118,119,120)/p+1. The van der Waals surface area contributed by atoms with Crippen molar-refractivity contribution in [3.05, 3.63) is 321 Å². The molecule has 138 heavy (non-hydrogen) atoms. The van der Waals surface area contributed by atoms with E-state index in [-0.39, 0.29) is 6.61 Å². The number of aromatic nitrogens is 6. The molecule has 0 spiro atoms. The Morgan fingerprint density at radius 1 is 0.326 bits per heavy atom. The number of methoxy groups -OCH3 is 4. The number of allylic oxidation sites excluding steroid dienone is 12. The van der Waals surface area contributed by atoms with Gasteiger partial charge in [0.2, 0.25) is 0 Å². The number of aliphatic imine (C=N–C) groups is 3. The van der Waals surface area contributed by atoms with Crippen LogP contribution in [0.3, 0.4) is 0 Å². The van der Waals surface area contributed by atoms with Gasteiger partial charge in [0.15, 0.2) is 12.4 Å². The van der Waals surface area contributed by atoms with Crippen LogP contribution in [-0.2, 0) is 63.9 Å². The van der Waals surface area contributed by atoms with Crippen molar-refractivity contribution in [2.45, 2.75) is 0 Å². The van der Waals surface area contributed by atoms with Gasteiger partial charge in [-0.3, -0.25) is 0 Å². The van der Waals surface area contributed by atoms with Gasteiger partial charge in [0.25, 0.3) is 0 Å². The van der Waals surface area contributed by atoms with Crippen LogP contribution in [0, 0.1) is 35.5 Å². The van der Waals surface area contributed by atoms with Crippen molar-refractivity contribution in [2.75, 3.05) is 194 Å². The van der Waals surface area contributed by atoms with E-state index in [1.54, 1.807) is 28.4 Å². The average Bonchev–Trinajstić information content (AvgIpc) is 1.63. The highest BCUT2D eigenvalue weighted by molar-refractivity contribution is 6.35. The van der Waals surface area contributed by atoms with Crippen LogP contribution in [0.15, 0.2) is 274 Å². The van der Waals surface area contributed by atoms with Crippen molar-refractivity contribution >= 4 is 80.2 Å². The molecule has 5 aromatic heterocycles. The fraction of sp³-hybridized carbons (Fsp3) is 0.268.